The minimum absolute atomic E-state index is 0.280. The van der Waals surface area contributed by atoms with Crippen molar-refractivity contribution in [2.24, 2.45) is 0 Å². The molecule has 4 heteroatoms. The van der Waals surface area contributed by atoms with E-state index in [2.05, 4.69) is 34.3 Å². The Balaban J connectivity index is 1.76. The summed E-state index contributed by atoms with van der Waals surface area (Å²) in [5.41, 5.74) is 1.12. The Hall–Kier alpha value is -0.870. The molecule has 1 saturated carbocycles. The van der Waals surface area contributed by atoms with Crippen LogP contribution in [0.25, 0.3) is 0 Å². The summed E-state index contributed by atoms with van der Waals surface area (Å²) in [6, 6.07) is 3.18. The Bertz CT molecular complexity index is 345. The number of aromatic nitrogens is 2. The Morgan fingerprint density at radius 2 is 2.28 bits per heavy atom. The zero-order chi connectivity index (χ0) is 12.8. The van der Waals surface area contributed by atoms with Crippen LogP contribution in [0.2, 0.25) is 0 Å². The molecule has 1 aromatic rings. The molecule has 0 amide bonds. The van der Waals surface area contributed by atoms with Crippen molar-refractivity contribution in [3.8, 4) is 0 Å². The third-order valence-electron chi connectivity index (χ3n) is 3.79. The average Bonchev–Trinajstić information content (AvgIpc) is 3.03. The van der Waals surface area contributed by atoms with Gasteiger partial charge in [0.1, 0.15) is 0 Å². The highest BCUT2D eigenvalue weighted by Crippen LogP contribution is 2.28. The number of aliphatic hydroxyl groups excluding tert-OH is 1. The van der Waals surface area contributed by atoms with Gasteiger partial charge >= 0.3 is 0 Å². The van der Waals surface area contributed by atoms with Crippen molar-refractivity contribution in [3.63, 3.8) is 0 Å². The second-order valence-electron chi connectivity index (χ2n) is 5.37. The Morgan fingerprint density at radius 1 is 1.50 bits per heavy atom. The van der Waals surface area contributed by atoms with Gasteiger partial charge in [-0.1, -0.05) is 12.8 Å². The third-order valence-corrected chi connectivity index (χ3v) is 3.79. The fraction of sp³-hybridized carbons (Fsp3) is 0.786. The van der Waals surface area contributed by atoms with E-state index < -0.39 is 0 Å². The molecule has 1 heterocycles. The molecule has 0 saturated heterocycles. The van der Waals surface area contributed by atoms with Gasteiger partial charge in [0.25, 0.3) is 0 Å². The van der Waals surface area contributed by atoms with Gasteiger partial charge in [-0.05, 0) is 38.7 Å². The van der Waals surface area contributed by atoms with Crippen LogP contribution in [-0.2, 0) is 6.54 Å². The van der Waals surface area contributed by atoms with Gasteiger partial charge in [0, 0.05) is 25.4 Å². The summed E-state index contributed by atoms with van der Waals surface area (Å²) in [4.78, 5) is 0. The van der Waals surface area contributed by atoms with Crippen LogP contribution in [0.4, 0.5) is 0 Å². The van der Waals surface area contributed by atoms with Crippen LogP contribution in [0, 0.1) is 0 Å². The summed E-state index contributed by atoms with van der Waals surface area (Å²) in [6.07, 6.45) is 9.24. The van der Waals surface area contributed by atoms with Gasteiger partial charge in [0.2, 0.25) is 0 Å². The van der Waals surface area contributed by atoms with Crippen LogP contribution < -0.4 is 5.32 Å². The fourth-order valence-corrected chi connectivity index (χ4v) is 2.62. The van der Waals surface area contributed by atoms with Gasteiger partial charge in [-0.25, -0.2) is 0 Å². The number of hydrogen-bond acceptors (Lipinski definition) is 3. The molecule has 0 aliphatic heterocycles. The van der Waals surface area contributed by atoms with E-state index in [-0.39, 0.29) is 6.61 Å². The molecule has 102 valence electrons. The van der Waals surface area contributed by atoms with Crippen LogP contribution >= 0.6 is 0 Å². The van der Waals surface area contributed by atoms with E-state index in [9.17, 15) is 0 Å². The summed E-state index contributed by atoms with van der Waals surface area (Å²) >= 11 is 0. The summed E-state index contributed by atoms with van der Waals surface area (Å²) in [5.74, 6) is 0. The largest absolute Gasteiger partial charge is 0.396 e. The molecule has 2 rings (SSSR count). The minimum Gasteiger partial charge on any atom is -0.396 e. The molecular weight excluding hydrogens is 226 g/mol. The van der Waals surface area contributed by atoms with Crippen LogP contribution in [0.1, 0.15) is 57.2 Å². The number of hydrogen-bond donors (Lipinski definition) is 2. The Morgan fingerprint density at radius 3 is 3.00 bits per heavy atom. The lowest BCUT2D eigenvalue weighted by atomic mass is 10.2. The number of nitrogens with one attached hydrogen (secondary N) is 1. The molecular formula is C14H25N3O. The SMILES string of the molecule is CC(CCCO)NCc1ccn(C2CCCC2)n1. The van der Waals surface area contributed by atoms with Gasteiger partial charge in [-0.3, -0.25) is 4.68 Å². The lowest BCUT2D eigenvalue weighted by Crippen LogP contribution is -2.26. The van der Waals surface area contributed by atoms with Gasteiger partial charge in [-0.2, -0.15) is 5.10 Å². The van der Waals surface area contributed by atoms with Crippen molar-refractivity contribution in [2.45, 2.75) is 64.1 Å². The van der Waals surface area contributed by atoms with E-state index >= 15 is 0 Å². The molecule has 18 heavy (non-hydrogen) atoms. The standard InChI is InChI=1S/C14H25N3O/c1-12(5-4-10-18)15-11-13-8-9-17(16-13)14-6-2-3-7-14/h8-9,12,14-15,18H,2-7,10-11H2,1H3. The lowest BCUT2D eigenvalue weighted by molar-refractivity contribution is 0.276. The minimum atomic E-state index is 0.280. The first-order valence-electron chi connectivity index (χ1n) is 7.18. The van der Waals surface area contributed by atoms with Crippen molar-refractivity contribution in [3.05, 3.63) is 18.0 Å². The lowest BCUT2D eigenvalue weighted by Gasteiger charge is -2.12. The fourth-order valence-electron chi connectivity index (χ4n) is 2.62. The van der Waals surface area contributed by atoms with E-state index in [1.807, 2.05) is 0 Å². The first kappa shape index (κ1) is 13.6. The number of aliphatic hydroxyl groups is 1. The number of nitrogens with zero attached hydrogens (tertiary/aromatic N) is 2. The average molecular weight is 251 g/mol. The highest BCUT2D eigenvalue weighted by Gasteiger charge is 2.17. The first-order valence-corrected chi connectivity index (χ1v) is 7.18. The summed E-state index contributed by atoms with van der Waals surface area (Å²) in [7, 11) is 0. The predicted molar refractivity (Wildman–Crippen MR) is 72.4 cm³/mol. The third kappa shape index (κ3) is 3.82. The molecule has 1 atom stereocenters. The van der Waals surface area contributed by atoms with Crippen molar-refractivity contribution in [1.29, 1.82) is 0 Å². The molecule has 1 aliphatic rings. The first-order chi connectivity index (χ1) is 8.79. The topological polar surface area (TPSA) is 50.1 Å². The van der Waals surface area contributed by atoms with Crippen LogP contribution in [0.15, 0.2) is 12.3 Å². The second-order valence-corrected chi connectivity index (χ2v) is 5.37. The van der Waals surface area contributed by atoms with E-state index in [4.69, 9.17) is 5.11 Å². The monoisotopic (exact) mass is 251 g/mol. The van der Waals surface area contributed by atoms with E-state index in [0.717, 1.165) is 25.1 Å². The molecule has 4 nitrogen and oxygen atoms in total. The predicted octanol–water partition coefficient (Wildman–Crippen LogP) is 2.25. The molecule has 0 radical (unpaired) electrons. The molecule has 1 fully saturated rings. The smallest absolute Gasteiger partial charge is 0.0762 e. The summed E-state index contributed by atoms with van der Waals surface area (Å²) in [6.45, 7) is 3.26. The maximum absolute atomic E-state index is 8.78. The van der Waals surface area contributed by atoms with Crippen LogP contribution in [-0.4, -0.2) is 27.5 Å². The molecule has 1 aromatic heterocycles. The number of rotatable bonds is 7. The maximum atomic E-state index is 8.78. The Kier molecular flexibility index (Phi) is 5.20. The normalized spacial score (nSPS) is 18.3. The highest BCUT2D eigenvalue weighted by atomic mass is 16.2. The van der Waals surface area contributed by atoms with E-state index in [1.54, 1.807) is 0 Å². The van der Waals surface area contributed by atoms with Gasteiger partial charge in [0.15, 0.2) is 0 Å². The molecule has 0 bridgehead atoms. The second kappa shape index (κ2) is 6.90. The molecule has 1 aliphatic carbocycles. The summed E-state index contributed by atoms with van der Waals surface area (Å²) in [5, 5.41) is 16.9. The van der Waals surface area contributed by atoms with Crippen molar-refractivity contribution >= 4 is 0 Å². The molecule has 2 N–H and O–H groups in total. The Labute approximate surface area is 109 Å². The van der Waals surface area contributed by atoms with Crippen LogP contribution in [0.5, 0.6) is 0 Å². The molecule has 1 unspecified atom stereocenters. The highest BCUT2D eigenvalue weighted by molar-refractivity contribution is 5.00. The molecule has 0 spiro atoms. The van der Waals surface area contributed by atoms with Gasteiger partial charge in [0.05, 0.1) is 11.7 Å². The zero-order valence-corrected chi connectivity index (χ0v) is 11.3. The van der Waals surface area contributed by atoms with Crippen molar-refractivity contribution in [1.82, 2.24) is 15.1 Å². The summed E-state index contributed by atoms with van der Waals surface area (Å²) < 4.78 is 2.14. The van der Waals surface area contributed by atoms with Gasteiger partial charge < -0.3 is 10.4 Å². The quantitative estimate of drug-likeness (QED) is 0.781. The molecule has 0 aromatic carbocycles. The van der Waals surface area contributed by atoms with Gasteiger partial charge in [-0.15, -0.1) is 0 Å². The van der Waals surface area contributed by atoms with E-state index in [1.165, 1.54) is 25.7 Å². The van der Waals surface area contributed by atoms with Crippen molar-refractivity contribution < 1.29 is 5.11 Å². The zero-order valence-electron chi connectivity index (χ0n) is 11.3. The van der Waals surface area contributed by atoms with Crippen molar-refractivity contribution in [2.75, 3.05) is 6.61 Å². The van der Waals surface area contributed by atoms with Crippen LogP contribution in [0.3, 0.4) is 0 Å². The van der Waals surface area contributed by atoms with E-state index in [0.29, 0.717) is 12.1 Å². The maximum Gasteiger partial charge on any atom is 0.0762 e.